The zero-order valence-electron chi connectivity index (χ0n) is 3.23. The Morgan fingerprint density at radius 3 is 2.29 bits per heavy atom. The number of hydrogen-bond acceptors (Lipinski definition) is 1. The fourth-order valence-electron chi connectivity index (χ4n) is 0.0906. The van der Waals surface area contributed by atoms with Gasteiger partial charge in [0, 0.05) is 0 Å². The minimum atomic E-state index is -0.149. The lowest BCUT2D eigenvalue weighted by Gasteiger charge is -1.60. The first-order chi connectivity index (χ1) is 2.91. The summed E-state index contributed by atoms with van der Waals surface area (Å²) in [5.74, 6) is 6.54. The Hall–Kier alpha value is -0.920. The fraction of sp³-hybridized carbons (Fsp3) is 0.333. The van der Waals surface area contributed by atoms with Crippen LogP contribution in [-0.2, 0) is 0 Å². The highest BCUT2D eigenvalue weighted by Gasteiger charge is 1.51. The van der Waals surface area contributed by atoms with E-state index in [-0.39, 0.29) is 14.0 Å². The van der Waals surface area contributed by atoms with Crippen LogP contribution in [0.3, 0.4) is 0 Å². The first-order valence-electron chi connectivity index (χ1n) is 1.46. The summed E-state index contributed by atoms with van der Waals surface area (Å²) in [6, 6.07) is 0. The van der Waals surface area contributed by atoms with E-state index < -0.39 is 0 Å². The molecule has 38 valence electrons. The summed E-state index contributed by atoms with van der Waals surface area (Å²) in [4.78, 5) is 0. The number of hydrogen-bond donors (Lipinski definition) is 1. The predicted octanol–water partition coefficient (Wildman–Crippen LogP) is 0.251. The molecule has 0 aliphatic rings. The maximum absolute atomic E-state index is 7.93. The molecule has 0 aromatic heterocycles. The van der Waals surface area contributed by atoms with Gasteiger partial charge in [-0.25, -0.2) is 0 Å². The van der Waals surface area contributed by atoms with E-state index in [2.05, 4.69) is 18.3 Å². The minimum absolute atomic E-state index is 0. The summed E-state index contributed by atoms with van der Waals surface area (Å²) < 4.78 is 0. The van der Waals surface area contributed by atoms with Crippen molar-refractivity contribution < 1.29 is 5.11 Å². The molecule has 0 saturated heterocycles. The summed E-state index contributed by atoms with van der Waals surface area (Å²) in [6.07, 6.45) is 4.68. The van der Waals surface area contributed by atoms with E-state index in [0.717, 1.165) is 0 Å². The molecular formula is C6H8O. The molecule has 0 aliphatic heterocycles. The van der Waals surface area contributed by atoms with Gasteiger partial charge in [0.25, 0.3) is 0 Å². The minimum Gasteiger partial charge on any atom is -0.384 e. The number of aliphatic hydroxyl groups is 1. The second-order valence-corrected chi connectivity index (χ2v) is 0.604. The van der Waals surface area contributed by atoms with Gasteiger partial charge in [-0.3, -0.25) is 0 Å². The SMILES string of the molecule is C.C#CC#CCO. The summed E-state index contributed by atoms with van der Waals surface area (Å²) in [5, 5.41) is 7.93. The van der Waals surface area contributed by atoms with Gasteiger partial charge in [-0.1, -0.05) is 13.3 Å². The van der Waals surface area contributed by atoms with Crippen molar-refractivity contribution in [3.63, 3.8) is 0 Å². The lowest BCUT2D eigenvalue weighted by Crippen LogP contribution is -1.67. The Labute approximate surface area is 44.4 Å². The average molecular weight is 96.1 g/mol. The number of rotatable bonds is 0. The van der Waals surface area contributed by atoms with E-state index in [4.69, 9.17) is 5.11 Å². The van der Waals surface area contributed by atoms with Gasteiger partial charge in [0.15, 0.2) is 0 Å². The zero-order valence-corrected chi connectivity index (χ0v) is 3.23. The average Bonchev–Trinajstić information content (AvgIpc) is 1.61. The molecule has 1 nitrogen and oxygen atoms in total. The molecule has 0 unspecified atom stereocenters. The maximum atomic E-state index is 7.93. The quantitative estimate of drug-likeness (QED) is 0.429. The van der Waals surface area contributed by atoms with Crippen LogP contribution in [-0.4, -0.2) is 11.7 Å². The molecule has 0 spiro atoms. The van der Waals surface area contributed by atoms with Crippen LogP contribution in [0, 0.1) is 24.2 Å². The first-order valence-corrected chi connectivity index (χ1v) is 1.46. The van der Waals surface area contributed by atoms with E-state index >= 15 is 0 Å². The molecule has 0 heterocycles. The van der Waals surface area contributed by atoms with Crippen LogP contribution in [0.15, 0.2) is 0 Å². The molecule has 0 aliphatic carbocycles. The van der Waals surface area contributed by atoms with E-state index in [1.165, 1.54) is 0 Å². The van der Waals surface area contributed by atoms with Crippen molar-refractivity contribution in [3.8, 4) is 24.2 Å². The van der Waals surface area contributed by atoms with Crippen LogP contribution in [0.5, 0.6) is 0 Å². The third-order valence-electron chi connectivity index (χ3n) is 0.240. The highest BCUT2D eigenvalue weighted by Crippen LogP contribution is 1.46. The lowest BCUT2D eigenvalue weighted by molar-refractivity contribution is 0.350. The van der Waals surface area contributed by atoms with Crippen LogP contribution < -0.4 is 0 Å². The summed E-state index contributed by atoms with van der Waals surface area (Å²) in [6.45, 7) is -0.149. The van der Waals surface area contributed by atoms with Gasteiger partial charge in [-0.2, -0.15) is 0 Å². The molecule has 0 atom stereocenters. The van der Waals surface area contributed by atoms with E-state index in [9.17, 15) is 0 Å². The maximum Gasteiger partial charge on any atom is 0.105 e. The lowest BCUT2D eigenvalue weighted by atomic mass is 10.6. The normalized spacial score (nSPS) is 4.00. The molecule has 7 heavy (non-hydrogen) atoms. The summed E-state index contributed by atoms with van der Waals surface area (Å²) in [5.41, 5.74) is 0. The van der Waals surface area contributed by atoms with Crippen LogP contribution in [0.4, 0.5) is 0 Å². The highest BCUT2D eigenvalue weighted by molar-refractivity contribution is 5.21. The van der Waals surface area contributed by atoms with Gasteiger partial charge in [0.1, 0.15) is 6.61 Å². The monoisotopic (exact) mass is 96.1 g/mol. The molecule has 0 bridgehead atoms. The Kier molecular flexibility index (Phi) is 12.0. The van der Waals surface area contributed by atoms with Crippen molar-refractivity contribution in [2.45, 2.75) is 7.43 Å². The fourth-order valence-corrected chi connectivity index (χ4v) is 0.0906. The van der Waals surface area contributed by atoms with Gasteiger partial charge in [-0.05, 0) is 11.8 Å². The van der Waals surface area contributed by atoms with E-state index in [1.807, 2.05) is 5.92 Å². The Morgan fingerprint density at radius 1 is 1.57 bits per heavy atom. The second-order valence-electron chi connectivity index (χ2n) is 0.604. The van der Waals surface area contributed by atoms with Gasteiger partial charge in [0.05, 0.1) is 0 Å². The highest BCUT2D eigenvalue weighted by atomic mass is 16.2. The molecule has 0 saturated carbocycles. The van der Waals surface area contributed by atoms with Crippen molar-refractivity contribution in [2.24, 2.45) is 0 Å². The Bertz CT molecular complexity index is 108. The van der Waals surface area contributed by atoms with Crippen molar-refractivity contribution >= 4 is 0 Å². The molecule has 0 radical (unpaired) electrons. The molecule has 0 fully saturated rings. The van der Waals surface area contributed by atoms with Crippen LogP contribution >= 0.6 is 0 Å². The zero-order chi connectivity index (χ0) is 4.83. The second kappa shape index (κ2) is 8.91. The smallest absolute Gasteiger partial charge is 0.105 e. The Morgan fingerprint density at radius 2 is 2.14 bits per heavy atom. The Balaban J connectivity index is 0. The largest absolute Gasteiger partial charge is 0.384 e. The van der Waals surface area contributed by atoms with Crippen molar-refractivity contribution in [2.75, 3.05) is 6.61 Å². The van der Waals surface area contributed by atoms with Gasteiger partial charge >= 0.3 is 0 Å². The van der Waals surface area contributed by atoms with Gasteiger partial charge in [0.2, 0.25) is 0 Å². The molecule has 0 aromatic carbocycles. The van der Waals surface area contributed by atoms with Gasteiger partial charge < -0.3 is 5.11 Å². The summed E-state index contributed by atoms with van der Waals surface area (Å²) >= 11 is 0. The van der Waals surface area contributed by atoms with E-state index in [0.29, 0.717) is 0 Å². The summed E-state index contributed by atoms with van der Waals surface area (Å²) in [7, 11) is 0. The third kappa shape index (κ3) is 11.1. The van der Waals surface area contributed by atoms with E-state index in [1.54, 1.807) is 0 Å². The molecule has 1 N–H and O–H groups in total. The standard InChI is InChI=1S/C5H4O.CH4/c1-2-3-4-5-6;/h1,6H,5H2;1H4. The van der Waals surface area contributed by atoms with Crippen LogP contribution in [0.25, 0.3) is 0 Å². The number of aliphatic hydroxyl groups excluding tert-OH is 1. The molecule has 0 aromatic rings. The van der Waals surface area contributed by atoms with Crippen molar-refractivity contribution in [1.82, 2.24) is 0 Å². The molecule has 1 heteroatoms. The van der Waals surface area contributed by atoms with Crippen LogP contribution in [0.1, 0.15) is 7.43 Å². The molecule has 0 amide bonds. The predicted molar refractivity (Wildman–Crippen MR) is 30.4 cm³/mol. The third-order valence-corrected chi connectivity index (χ3v) is 0.240. The van der Waals surface area contributed by atoms with Gasteiger partial charge in [-0.15, -0.1) is 6.42 Å². The number of terminal acetylenes is 1. The van der Waals surface area contributed by atoms with Crippen molar-refractivity contribution in [3.05, 3.63) is 0 Å². The molecular weight excluding hydrogens is 88.1 g/mol. The molecule has 0 rings (SSSR count). The van der Waals surface area contributed by atoms with Crippen molar-refractivity contribution in [1.29, 1.82) is 0 Å². The first kappa shape index (κ1) is 9.43. The topological polar surface area (TPSA) is 20.2 Å². The van der Waals surface area contributed by atoms with Crippen LogP contribution in [0.2, 0.25) is 0 Å².